The van der Waals surface area contributed by atoms with E-state index in [0.29, 0.717) is 18.3 Å². The van der Waals surface area contributed by atoms with Crippen molar-refractivity contribution in [3.63, 3.8) is 0 Å². The van der Waals surface area contributed by atoms with Crippen molar-refractivity contribution in [2.75, 3.05) is 20.3 Å². The van der Waals surface area contributed by atoms with Crippen LogP contribution in [0.3, 0.4) is 0 Å². The summed E-state index contributed by atoms with van der Waals surface area (Å²) in [6.07, 6.45) is 3.09. The van der Waals surface area contributed by atoms with Gasteiger partial charge in [0.1, 0.15) is 23.3 Å². The highest BCUT2D eigenvalue weighted by Crippen LogP contribution is 2.20. The third-order valence-corrected chi connectivity index (χ3v) is 3.78. The normalized spacial score (nSPS) is 10.8. The van der Waals surface area contributed by atoms with Crippen LogP contribution in [0.5, 0.6) is 11.5 Å². The summed E-state index contributed by atoms with van der Waals surface area (Å²) in [5.41, 5.74) is 1.51. The standard InChI is InChI=1S/C17H20ClN3O3/c1-12-15(17(18)21(2)20-12)8-9-16(22)19-10-11-24-14-6-4-13(23-3)5-7-14/h4-9H,10-11H2,1-3H3,(H,19,22)/b9-8+. The number of ether oxygens (including phenoxy) is 2. The van der Waals surface area contributed by atoms with Gasteiger partial charge in [-0.25, -0.2) is 0 Å². The van der Waals surface area contributed by atoms with Crippen molar-refractivity contribution in [3.8, 4) is 11.5 Å². The molecule has 1 N–H and O–H groups in total. The van der Waals surface area contributed by atoms with E-state index in [9.17, 15) is 4.79 Å². The predicted octanol–water partition coefficient (Wildman–Crippen LogP) is 2.60. The molecular formula is C17H20ClN3O3. The molecule has 0 saturated carbocycles. The van der Waals surface area contributed by atoms with Gasteiger partial charge in [-0.05, 0) is 37.3 Å². The van der Waals surface area contributed by atoms with E-state index < -0.39 is 0 Å². The minimum atomic E-state index is -0.215. The molecule has 1 aromatic carbocycles. The predicted molar refractivity (Wildman–Crippen MR) is 93.5 cm³/mol. The Morgan fingerprint density at radius 2 is 2.00 bits per heavy atom. The Kier molecular flexibility index (Phi) is 6.26. The monoisotopic (exact) mass is 349 g/mol. The van der Waals surface area contributed by atoms with E-state index in [4.69, 9.17) is 21.1 Å². The molecule has 2 aromatic rings. The lowest BCUT2D eigenvalue weighted by Crippen LogP contribution is -2.26. The molecule has 128 valence electrons. The van der Waals surface area contributed by atoms with E-state index in [1.165, 1.54) is 6.08 Å². The number of carbonyl (C=O) groups is 1. The first-order chi connectivity index (χ1) is 11.5. The highest BCUT2D eigenvalue weighted by atomic mass is 35.5. The summed E-state index contributed by atoms with van der Waals surface area (Å²) in [5.74, 6) is 1.27. The van der Waals surface area contributed by atoms with Crippen molar-refractivity contribution < 1.29 is 14.3 Å². The molecule has 0 atom stereocenters. The van der Waals surface area contributed by atoms with Crippen molar-refractivity contribution in [1.82, 2.24) is 15.1 Å². The second kappa shape index (κ2) is 8.40. The summed E-state index contributed by atoms with van der Waals surface area (Å²) in [5, 5.41) is 7.43. The number of hydrogen-bond acceptors (Lipinski definition) is 4. The second-order valence-corrected chi connectivity index (χ2v) is 5.42. The third-order valence-electron chi connectivity index (χ3n) is 3.33. The minimum absolute atomic E-state index is 0.215. The van der Waals surface area contributed by atoms with Crippen LogP contribution in [-0.2, 0) is 11.8 Å². The molecule has 0 radical (unpaired) electrons. The lowest BCUT2D eigenvalue weighted by atomic mass is 10.2. The van der Waals surface area contributed by atoms with E-state index in [1.807, 2.05) is 31.2 Å². The number of nitrogens with zero attached hydrogens (tertiary/aromatic N) is 2. The Hall–Kier alpha value is -2.47. The molecule has 1 aromatic heterocycles. The zero-order valence-corrected chi connectivity index (χ0v) is 14.6. The van der Waals surface area contributed by atoms with Crippen LogP contribution in [0.15, 0.2) is 30.3 Å². The Bertz CT molecular complexity index is 723. The number of aromatic nitrogens is 2. The molecule has 0 aliphatic rings. The zero-order valence-electron chi connectivity index (χ0n) is 13.9. The fraction of sp³-hybridized carbons (Fsp3) is 0.294. The smallest absolute Gasteiger partial charge is 0.244 e. The van der Waals surface area contributed by atoms with Crippen LogP contribution in [0.2, 0.25) is 5.15 Å². The fourth-order valence-corrected chi connectivity index (χ4v) is 2.31. The molecule has 0 spiro atoms. The van der Waals surface area contributed by atoms with Crippen molar-refractivity contribution in [2.24, 2.45) is 7.05 Å². The molecule has 0 saturated heterocycles. The topological polar surface area (TPSA) is 65.4 Å². The molecule has 0 aliphatic heterocycles. The summed E-state index contributed by atoms with van der Waals surface area (Å²) in [6, 6.07) is 7.26. The van der Waals surface area contributed by atoms with Gasteiger partial charge in [-0.3, -0.25) is 9.48 Å². The van der Waals surface area contributed by atoms with E-state index >= 15 is 0 Å². The van der Waals surface area contributed by atoms with Crippen LogP contribution in [0.1, 0.15) is 11.3 Å². The first-order valence-corrected chi connectivity index (χ1v) is 7.81. The summed E-state index contributed by atoms with van der Waals surface area (Å²) < 4.78 is 12.2. The van der Waals surface area contributed by atoms with E-state index in [2.05, 4.69) is 10.4 Å². The molecule has 24 heavy (non-hydrogen) atoms. The van der Waals surface area contributed by atoms with Crippen LogP contribution in [-0.4, -0.2) is 35.9 Å². The van der Waals surface area contributed by atoms with Crippen LogP contribution in [0.25, 0.3) is 6.08 Å². The van der Waals surface area contributed by atoms with Gasteiger partial charge in [-0.15, -0.1) is 0 Å². The third kappa shape index (κ3) is 4.76. The Morgan fingerprint density at radius 3 is 2.58 bits per heavy atom. The number of rotatable bonds is 7. The quantitative estimate of drug-likeness (QED) is 0.616. The van der Waals surface area contributed by atoms with Gasteiger partial charge < -0.3 is 14.8 Å². The molecule has 1 amide bonds. The van der Waals surface area contributed by atoms with E-state index in [0.717, 1.165) is 22.8 Å². The van der Waals surface area contributed by atoms with Gasteiger partial charge in [0.05, 0.1) is 19.3 Å². The summed E-state index contributed by atoms with van der Waals surface area (Å²) >= 11 is 6.10. The van der Waals surface area contributed by atoms with Crippen molar-refractivity contribution >= 4 is 23.6 Å². The van der Waals surface area contributed by atoms with Crippen LogP contribution >= 0.6 is 11.6 Å². The largest absolute Gasteiger partial charge is 0.497 e. The molecular weight excluding hydrogens is 330 g/mol. The van der Waals surface area contributed by atoms with Gasteiger partial charge in [0, 0.05) is 18.7 Å². The molecule has 0 fully saturated rings. The molecule has 0 unspecified atom stereocenters. The van der Waals surface area contributed by atoms with E-state index in [1.54, 1.807) is 24.9 Å². The average Bonchev–Trinajstić information content (AvgIpc) is 2.82. The first kappa shape index (κ1) is 17.9. The zero-order chi connectivity index (χ0) is 17.5. The molecule has 1 heterocycles. The van der Waals surface area contributed by atoms with Crippen LogP contribution < -0.4 is 14.8 Å². The van der Waals surface area contributed by atoms with Gasteiger partial charge in [0.25, 0.3) is 0 Å². The van der Waals surface area contributed by atoms with Gasteiger partial charge in [-0.2, -0.15) is 5.10 Å². The van der Waals surface area contributed by atoms with Crippen LogP contribution in [0, 0.1) is 6.92 Å². The summed E-state index contributed by atoms with van der Waals surface area (Å²) in [4.78, 5) is 11.8. The Balaban J connectivity index is 1.75. The molecule has 6 nitrogen and oxygen atoms in total. The lowest BCUT2D eigenvalue weighted by Gasteiger charge is -2.07. The SMILES string of the molecule is COc1ccc(OCCNC(=O)/C=C/c2c(C)nn(C)c2Cl)cc1. The molecule has 2 rings (SSSR count). The number of amides is 1. The van der Waals surface area contributed by atoms with Gasteiger partial charge in [0.15, 0.2) is 0 Å². The number of halogens is 1. The van der Waals surface area contributed by atoms with Gasteiger partial charge >= 0.3 is 0 Å². The summed E-state index contributed by atoms with van der Waals surface area (Å²) in [7, 11) is 3.36. The maximum atomic E-state index is 11.8. The van der Waals surface area contributed by atoms with E-state index in [-0.39, 0.29) is 5.91 Å². The highest BCUT2D eigenvalue weighted by molar-refractivity contribution is 6.31. The Morgan fingerprint density at radius 1 is 1.33 bits per heavy atom. The lowest BCUT2D eigenvalue weighted by molar-refractivity contribution is -0.116. The molecule has 0 aliphatic carbocycles. The number of carbonyl (C=O) groups excluding carboxylic acids is 1. The summed E-state index contributed by atoms with van der Waals surface area (Å²) in [6.45, 7) is 2.61. The van der Waals surface area contributed by atoms with Crippen molar-refractivity contribution in [2.45, 2.75) is 6.92 Å². The highest BCUT2D eigenvalue weighted by Gasteiger charge is 2.08. The van der Waals surface area contributed by atoms with Crippen molar-refractivity contribution in [3.05, 3.63) is 46.8 Å². The number of nitrogens with one attached hydrogen (secondary N) is 1. The number of aryl methyl sites for hydroxylation is 2. The number of methoxy groups -OCH3 is 1. The van der Waals surface area contributed by atoms with Gasteiger partial charge in [-0.1, -0.05) is 11.6 Å². The van der Waals surface area contributed by atoms with Crippen molar-refractivity contribution in [1.29, 1.82) is 0 Å². The number of hydrogen-bond donors (Lipinski definition) is 1. The second-order valence-electron chi connectivity index (χ2n) is 5.06. The van der Waals surface area contributed by atoms with Gasteiger partial charge in [0.2, 0.25) is 5.91 Å². The first-order valence-electron chi connectivity index (χ1n) is 7.43. The fourth-order valence-electron chi connectivity index (χ4n) is 2.07. The molecule has 7 heteroatoms. The molecule has 0 bridgehead atoms. The maximum absolute atomic E-state index is 11.8. The van der Waals surface area contributed by atoms with Crippen LogP contribution in [0.4, 0.5) is 0 Å². The Labute approximate surface area is 146 Å². The minimum Gasteiger partial charge on any atom is -0.497 e. The average molecular weight is 350 g/mol. The maximum Gasteiger partial charge on any atom is 0.244 e. The number of benzene rings is 1.